The Morgan fingerprint density at radius 3 is 2.22 bits per heavy atom. The number of amides is 2. The number of carbonyl (C=O) groups excluding carboxylic acids is 4. The number of phenols is 1. The van der Waals surface area contributed by atoms with Crippen LogP contribution in [0.25, 0.3) is 0 Å². The first-order valence-electron chi connectivity index (χ1n) is 15.6. The number of methoxy groups -OCH3 is 1. The topological polar surface area (TPSA) is 129 Å². The molecule has 3 aliphatic carbocycles. The Balaban J connectivity index is 1.21. The van der Waals surface area contributed by atoms with Gasteiger partial charge in [-0.1, -0.05) is 11.6 Å². The Morgan fingerprint density at radius 2 is 1.59 bits per heavy atom. The lowest BCUT2D eigenvalue weighted by atomic mass is 9.59. The van der Waals surface area contributed by atoms with Gasteiger partial charge in [0.1, 0.15) is 0 Å². The van der Waals surface area contributed by atoms with E-state index in [0.717, 1.165) is 11.3 Å². The van der Waals surface area contributed by atoms with Gasteiger partial charge in [-0.15, -0.1) is 0 Å². The highest BCUT2D eigenvalue weighted by atomic mass is 127. The van der Waals surface area contributed by atoms with Crippen LogP contribution in [0.15, 0.2) is 104 Å². The van der Waals surface area contributed by atoms with E-state index in [1.807, 2.05) is 71.9 Å². The molecule has 1 saturated heterocycles. The lowest BCUT2D eigenvalue weighted by molar-refractivity contribution is -0.123. The van der Waals surface area contributed by atoms with Crippen LogP contribution >= 0.6 is 38.5 Å². The van der Waals surface area contributed by atoms with Gasteiger partial charge in [0.25, 0.3) is 0 Å². The van der Waals surface area contributed by atoms with Gasteiger partial charge in [0.05, 0.1) is 44.1 Å². The third-order valence-electron chi connectivity index (χ3n) is 9.69. The Morgan fingerprint density at radius 1 is 0.939 bits per heavy atom. The second kappa shape index (κ2) is 12.8. The average Bonchev–Trinajstić information content (AvgIpc) is 3.36. The number of ether oxygens (including phenoxy) is 1. The van der Waals surface area contributed by atoms with Crippen molar-refractivity contribution < 1.29 is 29.0 Å². The number of rotatable bonds is 6. The zero-order valence-corrected chi connectivity index (χ0v) is 30.4. The number of halogens is 2. The first-order valence-corrected chi connectivity index (χ1v) is 17.5. The van der Waals surface area contributed by atoms with Crippen molar-refractivity contribution >= 4 is 84.7 Å². The van der Waals surface area contributed by atoms with E-state index in [1.54, 1.807) is 36.4 Å². The summed E-state index contributed by atoms with van der Waals surface area (Å²) < 4.78 is 6.11. The highest BCUT2D eigenvalue weighted by Crippen LogP contribution is 2.56. The minimum Gasteiger partial charge on any atom is -0.504 e. The van der Waals surface area contributed by atoms with E-state index in [9.17, 15) is 24.3 Å². The molecule has 1 N–H and O–H groups in total. The smallest absolute Gasteiger partial charge is 0.238 e. The van der Waals surface area contributed by atoms with Gasteiger partial charge in [-0.3, -0.25) is 24.1 Å². The van der Waals surface area contributed by atoms with E-state index in [2.05, 4.69) is 26.2 Å². The second-order valence-electron chi connectivity index (χ2n) is 12.6. The van der Waals surface area contributed by atoms with Gasteiger partial charge in [0.15, 0.2) is 23.1 Å². The molecule has 7 rings (SSSR count). The Hall–Kier alpha value is -4.43. The number of imide groups is 1. The number of allylic oxidation sites excluding steroid dienone is 6. The molecule has 0 spiro atoms. The van der Waals surface area contributed by atoms with Crippen molar-refractivity contribution in [2.75, 3.05) is 31.0 Å². The molecule has 4 unspecified atom stereocenters. The Labute approximate surface area is 304 Å². The number of ketones is 2. The molecule has 0 saturated carbocycles. The van der Waals surface area contributed by atoms with Crippen molar-refractivity contribution in [3.05, 3.63) is 103 Å². The summed E-state index contributed by atoms with van der Waals surface area (Å²) in [5.74, 6) is -3.54. The molecule has 0 radical (unpaired) electrons. The molecule has 1 fully saturated rings. The molecule has 0 aromatic heterocycles. The zero-order chi connectivity index (χ0) is 34.7. The van der Waals surface area contributed by atoms with Crippen LogP contribution in [0, 0.1) is 21.3 Å². The summed E-state index contributed by atoms with van der Waals surface area (Å²) in [6.07, 6.45) is 3.71. The highest BCUT2D eigenvalue weighted by molar-refractivity contribution is 14.1. The molecular weight excluding hydrogens is 803 g/mol. The standard InChI is InChI=1S/C37H30BrIN4O6/c1-42(2)21-8-4-19(5-9-21)40-41-20-6-10-22(11-7-20)43-36(47)24-13-12-23-25(32(24)37(43)48)16-26-33(29(44)17-27(38)34(26)45)31(23)18-14-28(39)35(46)30(15-18)49-3/h4-12,14-15,17,24-25,31-32,46H,13,16H2,1-3H3. The summed E-state index contributed by atoms with van der Waals surface area (Å²) in [7, 11) is 5.37. The molecule has 3 aromatic carbocycles. The Kier molecular flexibility index (Phi) is 8.64. The molecule has 4 atom stereocenters. The van der Waals surface area contributed by atoms with Crippen LogP contribution in [0.2, 0.25) is 0 Å². The van der Waals surface area contributed by atoms with Gasteiger partial charge >= 0.3 is 0 Å². The minimum atomic E-state index is -0.723. The van der Waals surface area contributed by atoms with Crippen molar-refractivity contribution in [3.8, 4) is 11.5 Å². The number of phenolic OH excluding ortho intramolecular Hbond substituents is 1. The normalized spacial score (nSPS) is 23.3. The van der Waals surface area contributed by atoms with Crippen molar-refractivity contribution in [2.24, 2.45) is 28.0 Å². The number of azo groups is 1. The maximum Gasteiger partial charge on any atom is 0.238 e. The number of carbonyl (C=O) groups is 4. The van der Waals surface area contributed by atoms with E-state index in [4.69, 9.17) is 4.74 Å². The monoisotopic (exact) mass is 832 g/mol. The lowest BCUT2D eigenvalue weighted by Crippen LogP contribution is -2.39. The number of fused-ring (bicyclic) bond motifs is 3. The third kappa shape index (κ3) is 5.64. The fraction of sp³-hybridized carbons (Fsp3) is 0.243. The number of anilines is 2. The average molecular weight is 833 g/mol. The quantitative estimate of drug-likeness (QED) is 0.0899. The molecule has 1 aliphatic heterocycles. The van der Waals surface area contributed by atoms with E-state index in [0.29, 0.717) is 43.8 Å². The summed E-state index contributed by atoms with van der Waals surface area (Å²) in [5.41, 5.74) is 4.88. The van der Waals surface area contributed by atoms with Crippen LogP contribution in [0.4, 0.5) is 22.7 Å². The molecule has 2 amide bonds. The molecule has 10 nitrogen and oxygen atoms in total. The molecule has 248 valence electrons. The van der Waals surface area contributed by atoms with Crippen LogP contribution in [-0.2, 0) is 19.2 Å². The van der Waals surface area contributed by atoms with Crippen LogP contribution < -0.4 is 14.5 Å². The molecular formula is C37H30BrIN4O6. The van der Waals surface area contributed by atoms with Gasteiger partial charge in [0, 0.05) is 42.9 Å². The number of benzene rings is 3. The van der Waals surface area contributed by atoms with Crippen LogP contribution in [0.3, 0.4) is 0 Å². The first kappa shape index (κ1) is 33.1. The maximum atomic E-state index is 14.3. The van der Waals surface area contributed by atoms with Crippen LogP contribution in [-0.4, -0.2) is 49.7 Å². The summed E-state index contributed by atoms with van der Waals surface area (Å²) >= 11 is 5.26. The van der Waals surface area contributed by atoms with E-state index >= 15 is 0 Å². The van der Waals surface area contributed by atoms with Crippen molar-refractivity contribution in [1.82, 2.24) is 0 Å². The predicted molar refractivity (Wildman–Crippen MR) is 196 cm³/mol. The number of hydrogen-bond donors (Lipinski definition) is 1. The zero-order valence-electron chi connectivity index (χ0n) is 26.7. The van der Waals surface area contributed by atoms with Crippen molar-refractivity contribution in [1.29, 1.82) is 0 Å². The maximum absolute atomic E-state index is 14.3. The lowest BCUT2D eigenvalue weighted by Gasteiger charge is -2.42. The molecule has 12 heteroatoms. The van der Waals surface area contributed by atoms with E-state index in [-0.39, 0.29) is 45.8 Å². The largest absolute Gasteiger partial charge is 0.504 e. The number of nitrogens with zero attached hydrogens (tertiary/aromatic N) is 4. The fourth-order valence-electron chi connectivity index (χ4n) is 7.36. The summed E-state index contributed by atoms with van der Waals surface area (Å²) in [6, 6.07) is 17.9. The number of hydrogen-bond acceptors (Lipinski definition) is 9. The minimum absolute atomic E-state index is 0.0295. The number of aromatic hydroxyl groups is 1. The second-order valence-corrected chi connectivity index (χ2v) is 14.6. The van der Waals surface area contributed by atoms with E-state index < -0.39 is 23.7 Å². The van der Waals surface area contributed by atoms with Gasteiger partial charge < -0.3 is 14.7 Å². The molecule has 4 aliphatic rings. The summed E-state index contributed by atoms with van der Waals surface area (Å²) in [5, 5.41) is 19.2. The van der Waals surface area contributed by atoms with Gasteiger partial charge in [-0.05, 0) is 124 Å². The molecule has 49 heavy (non-hydrogen) atoms. The first-order chi connectivity index (χ1) is 23.5. The van der Waals surface area contributed by atoms with Crippen molar-refractivity contribution in [2.45, 2.75) is 18.8 Å². The Bertz CT molecular complexity index is 2070. The third-order valence-corrected chi connectivity index (χ3v) is 11.1. The van der Waals surface area contributed by atoms with Gasteiger partial charge in [0.2, 0.25) is 11.8 Å². The molecule has 1 heterocycles. The fourth-order valence-corrected chi connectivity index (χ4v) is 8.43. The molecule has 3 aromatic rings. The van der Waals surface area contributed by atoms with Gasteiger partial charge in [-0.2, -0.15) is 10.2 Å². The predicted octanol–water partition coefficient (Wildman–Crippen LogP) is 7.45. The van der Waals surface area contributed by atoms with E-state index in [1.165, 1.54) is 18.1 Å². The molecule has 0 bridgehead atoms. The van der Waals surface area contributed by atoms with Crippen LogP contribution in [0.5, 0.6) is 11.5 Å². The van der Waals surface area contributed by atoms with Crippen molar-refractivity contribution in [3.63, 3.8) is 0 Å². The van der Waals surface area contributed by atoms with Gasteiger partial charge in [-0.25, -0.2) is 0 Å². The number of Topliss-reactive ketones (excluding diaryl/α,β-unsaturated/α-hetero) is 1. The summed E-state index contributed by atoms with van der Waals surface area (Å²) in [6.45, 7) is 0. The van der Waals surface area contributed by atoms with Crippen LogP contribution in [0.1, 0.15) is 24.3 Å². The SMILES string of the molecule is COc1cc(C2C3=CCC4C(=O)N(c5ccc(N=Nc6ccc(N(C)C)cc6)cc5)C(=O)C4C3CC3=C2C(=O)C=C(Br)C3=O)cc(I)c1O. The summed E-state index contributed by atoms with van der Waals surface area (Å²) in [4.78, 5) is 58.5. The highest BCUT2D eigenvalue weighted by Gasteiger charge is 2.56.